The van der Waals surface area contributed by atoms with E-state index in [9.17, 15) is 4.79 Å². The number of amides is 1. The molecule has 0 spiro atoms. The van der Waals surface area contributed by atoms with Crippen LogP contribution >= 0.6 is 0 Å². The van der Waals surface area contributed by atoms with Crippen molar-refractivity contribution in [2.24, 2.45) is 5.84 Å². The van der Waals surface area contributed by atoms with Crippen molar-refractivity contribution in [3.63, 3.8) is 0 Å². The minimum atomic E-state index is -0.544. The molecule has 0 atom stereocenters. The molecule has 1 amide bonds. The number of hydrogen-bond donors (Lipinski definition) is 2. The van der Waals surface area contributed by atoms with E-state index in [0.29, 0.717) is 22.5 Å². The lowest BCUT2D eigenvalue weighted by atomic mass is 10.2. The van der Waals surface area contributed by atoms with Crippen molar-refractivity contribution < 1.29 is 18.7 Å². The number of methoxy groups -OCH3 is 2. The third-order valence-electron chi connectivity index (χ3n) is 2.39. The van der Waals surface area contributed by atoms with E-state index in [1.165, 1.54) is 7.11 Å². The Morgan fingerprint density at radius 2 is 2.12 bits per heavy atom. The monoisotopic (exact) mass is 236 g/mol. The molecule has 0 saturated heterocycles. The second-order valence-electron chi connectivity index (χ2n) is 3.30. The number of nitrogens with two attached hydrogens (primary N) is 1. The van der Waals surface area contributed by atoms with Crippen molar-refractivity contribution in [1.82, 2.24) is 5.43 Å². The summed E-state index contributed by atoms with van der Waals surface area (Å²) in [5.74, 6) is 5.55. The number of nitrogen functional groups attached to an aromatic ring is 1. The average Bonchev–Trinajstić information content (AvgIpc) is 2.74. The topological polar surface area (TPSA) is 86.7 Å². The number of ether oxygens (including phenoxy) is 2. The van der Waals surface area contributed by atoms with Crippen LogP contribution in [-0.4, -0.2) is 20.1 Å². The van der Waals surface area contributed by atoms with Gasteiger partial charge < -0.3 is 13.9 Å². The zero-order valence-electron chi connectivity index (χ0n) is 9.44. The minimum Gasteiger partial charge on any atom is -0.497 e. The van der Waals surface area contributed by atoms with E-state index in [0.717, 1.165) is 0 Å². The molecule has 2 aromatic rings. The third-order valence-corrected chi connectivity index (χ3v) is 2.39. The van der Waals surface area contributed by atoms with Crippen LogP contribution in [0.5, 0.6) is 11.5 Å². The van der Waals surface area contributed by atoms with Crippen molar-refractivity contribution in [2.75, 3.05) is 14.2 Å². The van der Waals surface area contributed by atoms with Gasteiger partial charge >= 0.3 is 5.91 Å². The zero-order valence-corrected chi connectivity index (χ0v) is 9.44. The van der Waals surface area contributed by atoms with Gasteiger partial charge in [-0.1, -0.05) is 0 Å². The first kappa shape index (κ1) is 11.3. The second kappa shape index (κ2) is 4.34. The number of carbonyl (C=O) groups excluding carboxylic acids is 1. The summed E-state index contributed by atoms with van der Waals surface area (Å²) in [6.07, 6.45) is 0. The molecule has 0 aliphatic carbocycles. The molecule has 0 bridgehead atoms. The van der Waals surface area contributed by atoms with Gasteiger partial charge in [0.2, 0.25) is 5.76 Å². The Kier molecular flexibility index (Phi) is 2.88. The fourth-order valence-corrected chi connectivity index (χ4v) is 1.60. The predicted octanol–water partition coefficient (Wildman–Crippen LogP) is 1.05. The van der Waals surface area contributed by atoms with E-state index in [2.05, 4.69) is 0 Å². The van der Waals surface area contributed by atoms with Crippen LogP contribution in [-0.2, 0) is 0 Å². The fourth-order valence-electron chi connectivity index (χ4n) is 1.60. The summed E-state index contributed by atoms with van der Waals surface area (Å²) in [7, 11) is 3.01. The maximum atomic E-state index is 11.5. The lowest BCUT2D eigenvalue weighted by Crippen LogP contribution is -2.29. The number of hydrogen-bond acceptors (Lipinski definition) is 5. The lowest BCUT2D eigenvalue weighted by Gasteiger charge is -2.00. The number of carbonyl (C=O) groups is 1. The summed E-state index contributed by atoms with van der Waals surface area (Å²) >= 11 is 0. The van der Waals surface area contributed by atoms with E-state index >= 15 is 0 Å². The molecular formula is C11H12N2O4. The van der Waals surface area contributed by atoms with Gasteiger partial charge in [-0.3, -0.25) is 10.2 Å². The molecule has 6 nitrogen and oxygen atoms in total. The molecule has 17 heavy (non-hydrogen) atoms. The molecular weight excluding hydrogens is 224 g/mol. The quantitative estimate of drug-likeness (QED) is 0.472. The SMILES string of the molecule is COc1ccc2oc(C(=O)NN)c(OC)c2c1. The van der Waals surface area contributed by atoms with Gasteiger partial charge in [-0.05, 0) is 18.2 Å². The van der Waals surface area contributed by atoms with Gasteiger partial charge in [0.1, 0.15) is 11.3 Å². The fraction of sp³-hybridized carbons (Fsp3) is 0.182. The highest BCUT2D eigenvalue weighted by Gasteiger charge is 2.21. The molecule has 0 fully saturated rings. The number of nitrogens with one attached hydrogen (secondary N) is 1. The van der Waals surface area contributed by atoms with Crippen molar-refractivity contribution in [2.45, 2.75) is 0 Å². The molecule has 1 aromatic heterocycles. The van der Waals surface area contributed by atoms with E-state index in [-0.39, 0.29) is 5.76 Å². The number of furan rings is 1. The summed E-state index contributed by atoms with van der Waals surface area (Å²) in [4.78, 5) is 11.5. The Hall–Kier alpha value is -2.21. The standard InChI is InChI=1S/C11H12N2O4/c1-15-6-3-4-8-7(5-6)9(16-2)10(17-8)11(14)13-12/h3-5H,12H2,1-2H3,(H,13,14). The van der Waals surface area contributed by atoms with Crippen LogP contribution < -0.4 is 20.7 Å². The molecule has 6 heteroatoms. The summed E-state index contributed by atoms with van der Waals surface area (Å²) in [6.45, 7) is 0. The Bertz CT molecular complexity index is 562. The second-order valence-corrected chi connectivity index (χ2v) is 3.30. The maximum absolute atomic E-state index is 11.5. The first-order valence-corrected chi connectivity index (χ1v) is 4.86. The van der Waals surface area contributed by atoms with Crippen LogP contribution in [0.2, 0.25) is 0 Å². The molecule has 0 unspecified atom stereocenters. The van der Waals surface area contributed by atoms with Gasteiger partial charge in [0.15, 0.2) is 5.75 Å². The van der Waals surface area contributed by atoms with Gasteiger partial charge in [-0.25, -0.2) is 5.84 Å². The molecule has 90 valence electrons. The largest absolute Gasteiger partial charge is 0.497 e. The van der Waals surface area contributed by atoms with Gasteiger partial charge in [0.05, 0.1) is 19.6 Å². The van der Waals surface area contributed by atoms with Crippen molar-refractivity contribution in [3.05, 3.63) is 24.0 Å². The Balaban J connectivity index is 2.67. The van der Waals surface area contributed by atoms with Crippen LogP contribution in [0.3, 0.4) is 0 Å². The number of benzene rings is 1. The molecule has 0 aliphatic rings. The number of hydrazine groups is 1. The van der Waals surface area contributed by atoms with Gasteiger partial charge in [0.25, 0.3) is 0 Å². The highest BCUT2D eigenvalue weighted by atomic mass is 16.5. The van der Waals surface area contributed by atoms with Crippen LogP contribution in [0.1, 0.15) is 10.6 Å². The summed E-state index contributed by atoms with van der Waals surface area (Å²) in [5, 5.41) is 0.658. The summed E-state index contributed by atoms with van der Waals surface area (Å²) in [5.41, 5.74) is 2.53. The molecule has 0 radical (unpaired) electrons. The maximum Gasteiger partial charge on any atom is 0.304 e. The summed E-state index contributed by atoms with van der Waals surface area (Å²) < 4.78 is 15.6. The Morgan fingerprint density at radius 3 is 2.71 bits per heavy atom. The number of fused-ring (bicyclic) bond motifs is 1. The predicted molar refractivity (Wildman–Crippen MR) is 61.0 cm³/mol. The van der Waals surface area contributed by atoms with Gasteiger partial charge in [-0.15, -0.1) is 0 Å². The van der Waals surface area contributed by atoms with Crippen LogP contribution in [0.15, 0.2) is 22.6 Å². The molecule has 1 aromatic carbocycles. The first-order chi connectivity index (χ1) is 8.21. The highest BCUT2D eigenvalue weighted by Crippen LogP contribution is 2.35. The van der Waals surface area contributed by atoms with E-state index in [1.807, 2.05) is 5.43 Å². The molecule has 2 rings (SSSR count). The minimum absolute atomic E-state index is 0.0400. The third kappa shape index (κ3) is 1.78. The zero-order chi connectivity index (χ0) is 12.4. The van der Waals surface area contributed by atoms with E-state index < -0.39 is 5.91 Å². The van der Waals surface area contributed by atoms with Crippen molar-refractivity contribution in [3.8, 4) is 11.5 Å². The average molecular weight is 236 g/mol. The van der Waals surface area contributed by atoms with Gasteiger partial charge in [-0.2, -0.15) is 0 Å². The van der Waals surface area contributed by atoms with Crippen molar-refractivity contribution in [1.29, 1.82) is 0 Å². The smallest absolute Gasteiger partial charge is 0.304 e. The van der Waals surface area contributed by atoms with Crippen LogP contribution in [0, 0.1) is 0 Å². The van der Waals surface area contributed by atoms with E-state index in [4.69, 9.17) is 19.7 Å². The van der Waals surface area contributed by atoms with Gasteiger partial charge in [0, 0.05) is 0 Å². The Morgan fingerprint density at radius 1 is 1.35 bits per heavy atom. The van der Waals surface area contributed by atoms with E-state index in [1.54, 1.807) is 25.3 Å². The number of rotatable bonds is 3. The normalized spacial score (nSPS) is 10.3. The lowest BCUT2D eigenvalue weighted by molar-refractivity contribution is 0.0924. The van der Waals surface area contributed by atoms with Crippen molar-refractivity contribution >= 4 is 16.9 Å². The molecule has 0 aliphatic heterocycles. The molecule has 3 N–H and O–H groups in total. The molecule has 1 heterocycles. The molecule has 0 saturated carbocycles. The van der Waals surface area contributed by atoms with Crippen LogP contribution in [0.4, 0.5) is 0 Å². The summed E-state index contributed by atoms with van der Waals surface area (Å²) in [6, 6.07) is 5.16. The Labute approximate surface area is 97.3 Å². The first-order valence-electron chi connectivity index (χ1n) is 4.86. The van der Waals surface area contributed by atoms with Crippen LogP contribution in [0.25, 0.3) is 11.0 Å². The highest BCUT2D eigenvalue weighted by molar-refractivity contribution is 6.01.